The number of carbonyl (C=O) groups excluding carboxylic acids is 3. The molecule has 1 spiro atoms. The van der Waals surface area contributed by atoms with Gasteiger partial charge in [-0.1, -0.05) is 12.1 Å². The molecule has 2 aliphatic rings. The maximum absolute atomic E-state index is 15.4. The van der Waals surface area contributed by atoms with Crippen molar-refractivity contribution in [3.8, 4) is 0 Å². The Balaban J connectivity index is 1.52. The standard InChI is InChI=1S/C28H34BF5N6O5/c30-18-14-17-22(29(44)45-27(17)7-8-27)23(31)24(18)39-26(43)20(13-15-1-3-16(4-2-15)28(32,33)34)38-25(42)19(37)5-6-21(41)40(11-9-35)12-10-36/h1-4,14,19-20,44H,5-13,35-37H2,(H,38,42)(H,39,43)/t19-,20+/m0/s1. The van der Waals surface area contributed by atoms with E-state index in [9.17, 15) is 32.6 Å². The Bertz CT molecular complexity index is 1420. The van der Waals surface area contributed by atoms with Gasteiger partial charge in [0.15, 0.2) is 0 Å². The summed E-state index contributed by atoms with van der Waals surface area (Å²) in [6, 6.07) is 1.86. The monoisotopic (exact) mass is 640 g/mol. The number of hydrogen-bond donors (Lipinski definition) is 6. The van der Waals surface area contributed by atoms with E-state index in [1.807, 2.05) is 0 Å². The molecule has 3 amide bonds. The van der Waals surface area contributed by atoms with Gasteiger partial charge in [-0.25, -0.2) is 8.78 Å². The van der Waals surface area contributed by atoms with E-state index in [1.165, 1.54) is 4.90 Å². The second-order valence-corrected chi connectivity index (χ2v) is 11.0. The number of fused-ring (bicyclic) bond motifs is 2. The molecular weight excluding hydrogens is 606 g/mol. The van der Waals surface area contributed by atoms with Crippen LogP contribution in [0, 0.1) is 11.6 Å². The number of nitrogens with zero attached hydrogens (tertiary/aromatic N) is 1. The van der Waals surface area contributed by atoms with Crippen molar-refractivity contribution in [2.45, 2.75) is 56.0 Å². The first-order valence-corrected chi connectivity index (χ1v) is 14.3. The Labute approximate surface area is 255 Å². The summed E-state index contributed by atoms with van der Waals surface area (Å²) in [5, 5.41) is 14.7. The molecule has 17 heteroatoms. The predicted octanol–water partition coefficient (Wildman–Crippen LogP) is 0.210. The largest absolute Gasteiger partial charge is 0.495 e. The number of benzene rings is 2. The van der Waals surface area contributed by atoms with Gasteiger partial charge in [0.05, 0.1) is 17.2 Å². The van der Waals surface area contributed by atoms with Gasteiger partial charge in [0, 0.05) is 44.5 Å². The minimum atomic E-state index is -4.62. The fourth-order valence-electron chi connectivity index (χ4n) is 5.21. The molecule has 1 aliphatic heterocycles. The van der Waals surface area contributed by atoms with Crippen molar-refractivity contribution >= 4 is 36.0 Å². The first-order chi connectivity index (χ1) is 21.2. The van der Waals surface area contributed by atoms with E-state index in [0.717, 1.165) is 30.3 Å². The number of halogens is 5. The van der Waals surface area contributed by atoms with Gasteiger partial charge >= 0.3 is 13.3 Å². The number of alkyl halides is 3. The van der Waals surface area contributed by atoms with Crippen molar-refractivity contribution in [1.82, 2.24) is 10.2 Å². The van der Waals surface area contributed by atoms with Crippen molar-refractivity contribution < 1.29 is 46.0 Å². The summed E-state index contributed by atoms with van der Waals surface area (Å²) in [6.45, 7) is 0.869. The molecule has 1 saturated carbocycles. The number of nitrogens with two attached hydrogens (primary N) is 3. The topological polar surface area (TPSA) is 186 Å². The molecule has 45 heavy (non-hydrogen) atoms. The second-order valence-electron chi connectivity index (χ2n) is 11.0. The highest BCUT2D eigenvalue weighted by molar-refractivity contribution is 6.62. The Hall–Kier alpha value is -3.64. The van der Waals surface area contributed by atoms with Crippen LogP contribution in [0.2, 0.25) is 0 Å². The van der Waals surface area contributed by atoms with Crippen LogP contribution in [0.15, 0.2) is 30.3 Å². The third-order valence-corrected chi connectivity index (χ3v) is 7.79. The average Bonchev–Trinajstić information content (AvgIpc) is 3.70. The normalized spacial score (nSPS) is 16.2. The molecule has 0 radical (unpaired) electrons. The van der Waals surface area contributed by atoms with Crippen LogP contribution in [0.1, 0.15) is 42.4 Å². The minimum absolute atomic E-state index is 0.134. The van der Waals surface area contributed by atoms with Crippen molar-refractivity contribution in [3.63, 3.8) is 0 Å². The Morgan fingerprint density at radius 3 is 2.24 bits per heavy atom. The van der Waals surface area contributed by atoms with E-state index in [-0.39, 0.29) is 67.9 Å². The zero-order valence-corrected chi connectivity index (χ0v) is 24.1. The first kappa shape index (κ1) is 34.2. The maximum atomic E-state index is 15.4. The molecule has 9 N–H and O–H groups in total. The molecule has 11 nitrogen and oxygen atoms in total. The summed E-state index contributed by atoms with van der Waals surface area (Å²) in [5.41, 5.74) is 14.2. The third kappa shape index (κ3) is 7.78. The minimum Gasteiger partial charge on any atom is -0.423 e. The lowest BCUT2D eigenvalue weighted by Gasteiger charge is -2.23. The van der Waals surface area contributed by atoms with Gasteiger partial charge in [-0.3, -0.25) is 14.4 Å². The molecule has 1 fully saturated rings. The highest BCUT2D eigenvalue weighted by Crippen LogP contribution is 2.52. The van der Waals surface area contributed by atoms with E-state index in [2.05, 4.69) is 10.6 Å². The number of hydrogen-bond acceptors (Lipinski definition) is 8. The van der Waals surface area contributed by atoms with E-state index >= 15 is 8.78 Å². The van der Waals surface area contributed by atoms with Gasteiger partial charge in [0.25, 0.3) is 0 Å². The fourth-order valence-corrected chi connectivity index (χ4v) is 5.21. The summed E-state index contributed by atoms with van der Waals surface area (Å²) in [5.74, 6) is -4.78. The molecule has 2 aromatic carbocycles. The van der Waals surface area contributed by atoms with E-state index in [0.29, 0.717) is 12.8 Å². The average molecular weight is 640 g/mol. The van der Waals surface area contributed by atoms with Gasteiger partial charge < -0.3 is 42.4 Å². The summed E-state index contributed by atoms with van der Waals surface area (Å²) < 4.78 is 75.1. The second kappa shape index (κ2) is 13.8. The number of nitrogens with one attached hydrogen (secondary N) is 2. The molecule has 1 aliphatic carbocycles. The molecular formula is C28H34BF5N6O5. The lowest BCUT2D eigenvalue weighted by Crippen LogP contribution is -2.51. The summed E-state index contributed by atoms with van der Waals surface area (Å²) >= 11 is 0. The van der Waals surface area contributed by atoms with Crippen LogP contribution >= 0.6 is 0 Å². The van der Waals surface area contributed by atoms with Gasteiger partial charge in [0.1, 0.15) is 23.4 Å². The number of carbonyl (C=O) groups is 3. The van der Waals surface area contributed by atoms with Crippen LogP contribution < -0.4 is 33.3 Å². The predicted molar refractivity (Wildman–Crippen MR) is 154 cm³/mol. The molecule has 0 aromatic heterocycles. The smallest absolute Gasteiger partial charge is 0.423 e. The van der Waals surface area contributed by atoms with Gasteiger partial charge in [-0.2, -0.15) is 13.2 Å². The highest BCUT2D eigenvalue weighted by Gasteiger charge is 2.57. The zero-order valence-electron chi connectivity index (χ0n) is 24.1. The van der Waals surface area contributed by atoms with Gasteiger partial charge in [-0.15, -0.1) is 0 Å². The van der Waals surface area contributed by atoms with E-state index in [4.69, 9.17) is 21.9 Å². The fraction of sp³-hybridized carbons (Fsp3) is 0.464. The molecule has 1 heterocycles. The molecule has 0 unspecified atom stereocenters. The SMILES string of the molecule is NCCN(CCN)C(=O)CC[C@H](N)C(=O)N[C@H](Cc1ccc(C(F)(F)F)cc1)C(=O)Nc1c(F)cc2c(c1F)B(O)OC21CC1. The lowest BCUT2D eigenvalue weighted by molar-refractivity contribution is -0.137. The summed E-state index contributed by atoms with van der Waals surface area (Å²) in [7, 11) is -1.69. The molecule has 0 saturated heterocycles. The zero-order chi connectivity index (χ0) is 33.1. The van der Waals surface area contributed by atoms with Crippen LogP contribution in [0.5, 0.6) is 0 Å². The van der Waals surface area contributed by atoms with Crippen molar-refractivity contribution in [3.05, 3.63) is 58.7 Å². The van der Waals surface area contributed by atoms with Crippen LogP contribution in [-0.4, -0.2) is 73.0 Å². The van der Waals surface area contributed by atoms with Crippen LogP contribution in [0.3, 0.4) is 0 Å². The third-order valence-electron chi connectivity index (χ3n) is 7.79. The first-order valence-electron chi connectivity index (χ1n) is 14.3. The summed E-state index contributed by atoms with van der Waals surface area (Å²) in [6.07, 6.45) is -4.39. The summed E-state index contributed by atoms with van der Waals surface area (Å²) in [4.78, 5) is 40.3. The lowest BCUT2D eigenvalue weighted by atomic mass is 9.78. The maximum Gasteiger partial charge on any atom is 0.495 e. The molecule has 2 atom stereocenters. The molecule has 244 valence electrons. The van der Waals surface area contributed by atoms with Crippen molar-refractivity contribution in [2.75, 3.05) is 31.5 Å². The number of amides is 3. The molecule has 0 bridgehead atoms. The van der Waals surface area contributed by atoms with Crippen LogP contribution in [0.4, 0.5) is 27.6 Å². The number of rotatable bonds is 13. The Morgan fingerprint density at radius 1 is 1.07 bits per heavy atom. The van der Waals surface area contributed by atoms with Gasteiger partial charge in [0.2, 0.25) is 17.7 Å². The number of anilines is 1. The van der Waals surface area contributed by atoms with Crippen molar-refractivity contribution in [1.29, 1.82) is 0 Å². The van der Waals surface area contributed by atoms with E-state index < -0.39 is 65.7 Å². The van der Waals surface area contributed by atoms with E-state index in [1.54, 1.807) is 0 Å². The quantitative estimate of drug-likeness (QED) is 0.133. The van der Waals surface area contributed by atoms with Gasteiger partial charge in [-0.05, 0) is 48.6 Å². The molecule has 4 rings (SSSR count). The molecule has 2 aromatic rings. The van der Waals surface area contributed by atoms with Crippen molar-refractivity contribution in [2.24, 2.45) is 17.2 Å². The Kier molecular flexibility index (Phi) is 10.5. The Morgan fingerprint density at radius 2 is 1.69 bits per heavy atom. The van der Waals surface area contributed by atoms with Crippen LogP contribution in [0.25, 0.3) is 0 Å². The highest BCUT2D eigenvalue weighted by atomic mass is 19.4. The van der Waals surface area contributed by atoms with Crippen LogP contribution in [-0.2, 0) is 37.2 Å².